The van der Waals surface area contributed by atoms with Crippen molar-refractivity contribution < 1.29 is 19.1 Å². The van der Waals surface area contributed by atoms with Gasteiger partial charge in [0.05, 0.1) is 0 Å². The Bertz CT molecular complexity index is 694. The van der Waals surface area contributed by atoms with Crippen LogP contribution in [0.25, 0.3) is 6.08 Å². The molecular weight excluding hydrogens is 285 g/mol. The predicted octanol–water partition coefficient (Wildman–Crippen LogP) is 2.61. The maximum Gasteiger partial charge on any atom is 0.341 e. The van der Waals surface area contributed by atoms with E-state index in [-0.39, 0.29) is 17.9 Å². The van der Waals surface area contributed by atoms with Crippen LogP contribution >= 0.6 is 0 Å². The van der Waals surface area contributed by atoms with Crippen LogP contribution in [0.5, 0.6) is 0 Å². The standard InChI is InChI=1S/C17H14FNO3/c18-14-8-6-13(7-9-14)11-19-16(20)15(17(21)22)10-12-4-2-1-3-5-12/h1-10H,11H2,(H,19,20)(H,21,22)/b15-10+. The van der Waals surface area contributed by atoms with Gasteiger partial charge in [-0.1, -0.05) is 42.5 Å². The number of hydrogen-bond donors (Lipinski definition) is 2. The highest BCUT2D eigenvalue weighted by Crippen LogP contribution is 2.08. The van der Waals surface area contributed by atoms with E-state index in [1.807, 2.05) is 0 Å². The number of rotatable bonds is 5. The van der Waals surface area contributed by atoms with Gasteiger partial charge in [-0.05, 0) is 29.3 Å². The highest BCUT2D eigenvalue weighted by Gasteiger charge is 2.16. The Kier molecular flexibility index (Phi) is 5.03. The van der Waals surface area contributed by atoms with E-state index >= 15 is 0 Å². The lowest BCUT2D eigenvalue weighted by Gasteiger charge is -2.06. The fourth-order valence-corrected chi connectivity index (χ4v) is 1.82. The van der Waals surface area contributed by atoms with Gasteiger partial charge in [0.1, 0.15) is 11.4 Å². The number of benzene rings is 2. The summed E-state index contributed by atoms with van der Waals surface area (Å²) in [5.41, 5.74) is 0.948. The Hall–Kier alpha value is -2.95. The normalized spacial score (nSPS) is 11.0. The summed E-state index contributed by atoms with van der Waals surface area (Å²) >= 11 is 0. The van der Waals surface area contributed by atoms with Gasteiger partial charge in [-0.15, -0.1) is 0 Å². The number of hydrogen-bond acceptors (Lipinski definition) is 2. The lowest BCUT2D eigenvalue weighted by atomic mass is 10.1. The molecule has 0 aliphatic carbocycles. The molecule has 1 amide bonds. The Balaban J connectivity index is 2.09. The Morgan fingerprint density at radius 1 is 1.05 bits per heavy atom. The molecule has 22 heavy (non-hydrogen) atoms. The molecule has 0 fully saturated rings. The molecule has 0 spiro atoms. The van der Waals surface area contributed by atoms with Crippen LogP contribution < -0.4 is 5.32 Å². The van der Waals surface area contributed by atoms with Crippen LogP contribution in [0.1, 0.15) is 11.1 Å². The summed E-state index contributed by atoms with van der Waals surface area (Å²) in [6.07, 6.45) is 1.31. The van der Waals surface area contributed by atoms with Crippen molar-refractivity contribution in [2.24, 2.45) is 0 Å². The van der Waals surface area contributed by atoms with E-state index in [1.165, 1.54) is 30.3 Å². The van der Waals surface area contributed by atoms with E-state index in [9.17, 15) is 14.0 Å². The minimum atomic E-state index is -1.31. The summed E-state index contributed by atoms with van der Waals surface area (Å²) in [4.78, 5) is 23.2. The van der Waals surface area contributed by atoms with E-state index in [0.29, 0.717) is 11.1 Å². The molecular formula is C17H14FNO3. The minimum absolute atomic E-state index is 0.124. The van der Waals surface area contributed by atoms with Crippen LogP contribution in [0.15, 0.2) is 60.2 Å². The monoisotopic (exact) mass is 299 g/mol. The highest BCUT2D eigenvalue weighted by molar-refractivity contribution is 6.19. The van der Waals surface area contributed by atoms with Gasteiger partial charge in [0.15, 0.2) is 0 Å². The average Bonchev–Trinajstić information content (AvgIpc) is 2.52. The molecule has 0 unspecified atom stereocenters. The number of nitrogens with one attached hydrogen (secondary N) is 1. The van der Waals surface area contributed by atoms with Gasteiger partial charge in [0.25, 0.3) is 5.91 Å². The summed E-state index contributed by atoms with van der Waals surface area (Å²) < 4.78 is 12.8. The van der Waals surface area contributed by atoms with Crippen molar-refractivity contribution in [2.75, 3.05) is 0 Å². The van der Waals surface area contributed by atoms with E-state index in [1.54, 1.807) is 30.3 Å². The fraction of sp³-hybridized carbons (Fsp3) is 0.0588. The second kappa shape index (κ2) is 7.17. The largest absolute Gasteiger partial charge is 0.477 e. The molecule has 0 heterocycles. The smallest absolute Gasteiger partial charge is 0.341 e. The first-order valence-electron chi connectivity index (χ1n) is 6.59. The average molecular weight is 299 g/mol. The number of carbonyl (C=O) groups is 2. The topological polar surface area (TPSA) is 66.4 Å². The number of halogens is 1. The number of amides is 1. The molecule has 0 saturated carbocycles. The van der Waals surface area contributed by atoms with Crippen LogP contribution in [0.3, 0.4) is 0 Å². The predicted molar refractivity (Wildman–Crippen MR) is 80.3 cm³/mol. The van der Waals surface area contributed by atoms with Crippen molar-refractivity contribution in [1.29, 1.82) is 0 Å². The lowest BCUT2D eigenvalue weighted by Crippen LogP contribution is -2.27. The van der Waals surface area contributed by atoms with Gasteiger partial charge in [-0.2, -0.15) is 0 Å². The van der Waals surface area contributed by atoms with Crippen molar-refractivity contribution in [3.8, 4) is 0 Å². The second-order valence-electron chi connectivity index (χ2n) is 4.58. The Morgan fingerprint density at radius 2 is 1.68 bits per heavy atom. The first-order chi connectivity index (χ1) is 10.6. The molecule has 4 nitrogen and oxygen atoms in total. The Morgan fingerprint density at radius 3 is 2.27 bits per heavy atom. The maximum absolute atomic E-state index is 12.8. The highest BCUT2D eigenvalue weighted by atomic mass is 19.1. The van der Waals surface area contributed by atoms with E-state index < -0.39 is 11.9 Å². The molecule has 0 bridgehead atoms. The van der Waals surface area contributed by atoms with Crippen molar-refractivity contribution in [1.82, 2.24) is 5.32 Å². The van der Waals surface area contributed by atoms with Gasteiger partial charge in [-0.3, -0.25) is 4.79 Å². The van der Waals surface area contributed by atoms with Crippen molar-refractivity contribution >= 4 is 18.0 Å². The molecule has 0 radical (unpaired) electrons. The first kappa shape index (κ1) is 15.4. The summed E-state index contributed by atoms with van der Waals surface area (Å²) in [7, 11) is 0. The molecule has 5 heteroatoms. The molecule has 2 aromatic rings. The van der Waals surface area contributed by atoms with Crippen LogP contribution in [-0.2, 0) is 16.1 Å². The van der Waals surface area contributed by atoms with E-state index in [4.69, 9.17) is 5.11 Å². The zero-order valence-corrected chi connectivity index (χ0v) is 11.6. The second-order valence-corrected chi connectivity index (χ2v) is 4.58. The lowest BCUT2D eigenvalue weighted by molar-refractivity contribution is -0.134. The third-order valence-corrected chi connectivity index (χ3v) is 2.95. The van der Waals surface area contributed by atoms with Crippen LogP contribution in [0.4, 0.5) is 4.39 Å². The van der Waals surface area contributed by atoms with Crippen LogP contribution in [0.2, 0.25) is 0 Å². The molecule has 0 aliphatic rings. The summed E-state index contributed by atoms with van der Waals surface area (Å²) in [6, 6.07) is 14.3. The fourth-order valence-electron chi connectivity index (χ4n) is 1.82. The quantitative estimate of drug-likeness (QED) is 0.506. The molecule has 2 N–H and O–H groups in total. The van der Waals surface area contributed by atoms with Crippen molar-refractivity contribution in [2.45, 2.75) is 6.54 Å². The molecule has 0 aliphatic heterocycles. The molecule has 0 atom stereocenters. The maximum atomic E-state index is 12.8. The molecule has 2 aromatic carbocycles. The van der Waals surface area contributed by atoms with E-state index in [2.05, 4.69) is 5.32 Å². The minimum Gasteiger partial charge on any atom is -0.477 e. The van der Waals surface area contributed by atoms with Gasteiger partial charge in [0.2, 0.25) is 0 Å². The summed E-state index contributed by atoms with van der Waals surface area (Å²) in [6.45, 7) is 0.124. The Labute approximate surface area is 126 Å². The molecule has 0 aromatic heterocycles. The summed E-state index contributed by atoms with van der Waals surface area (Å²) in [5.74, 6) is -2.37. The van der Waals surface area contributed by atoms with Gasteiger partial charge in [0, 0.05) is 6.54 Å². The van der Waals surface area contributed by atoms with Gasteiger partial charge < -0.3 is 10.4 Å². The first-order valence-corrected chi connectivity index (χ1v) is 6.59. The van der Waals surface area contributed by atoms with Crippen LogP contribution in [-0.4, -0.2) is 17.0 Å². The third kappa shape index (κ3) is 4.28. The number of carbonyl (C=O) groups excluding carboxylic acids is 1. The zero-order valence-electron chi connectivity index (χ0n) is 11.6. The van der Waals surface area contributed by atoms with Crippen molar-refractivity contribution in [3.05, 3.63) is 77.1 Å². The number of carboxylic acids is 1. The SMILES string of the molecule is O=C(O)/C(=C/c1ccccc1)C(=O)NCc1ccc(F)cc1. The summed E-state index contributed by atoms with van der Waals surface area (Å²) in [5, 5.41) is 11.7. The van der Waals surface area contributed by atoms with Crippen molar-refractivity contribution in [3.63, 3.8) is 0 Å². The van der Waals surface area contributed by atoms with Crippen LogP contribution in [0, 0.1) is 5.82 Å². The third-order valence-electron chi connectivity index (χ3n) is 2.95. The molecule has 112 valence electrons. The van der Waals surface area contributed by atoms with E-state index in [0.717, 1.165) is 0 Å². The van der Waals surface area contributed by atoms with Gasteiger partial charge >= 0.3 is 5.97 Å². The number of carboxylic acid groups (broad SMARTS) is 1. The van der Waals surface area contributed by atoms with Gasteiger partial charge in [-0.25, -0.2) is 9.18 Å². The molecule has 2 rings (SSSR count). The zero-order chi connectivity index (χ0) is 15.9. The molecule has 0 saturated heterocycles. The number of aliphatic carboxylic acids is 1.